The van der Waals surface area contributed by atoms with Gasteiger partial charge in [0, 0.05) is 5.57 Å². The van der Waals surface area contributed by atoms with E-state index in [9.17, 15) is 9.59 Å². The van der Waals surface area contributed by atoms with E-state index < -0.39 is 17.4 Å². The highest BCUT2D eigenvalue weighted by atomic mass is 16.4. The predicted molar refractivity (Wildman–Crippen MR) is 86.6 cm³/mol. The van der Waals surface area contributed by atoms with Gasteiger partial charge in [0.05, 0.1) is 11.1 Å². The molecule has 2 N–H and O–H groups in total. The number of aromatic nitrogens is 3. The molecule has 0 fully saturated rings. The standard InChI is InChI=1S/C9H10O4.C8H7N3/c1-9(8(12)13)4-2-3-6(5-9)7(10)11;1-2-4-8(5-3-1)11-7-9-6-10-11/h2-4H,5H2,1H3,(H,10,11)(H,12,13);1-7H. The molecule has 0 saturated heterocycles. The van der Waals surface area contributed by atoms with Gasteiger partial charge in [-0.25, -0.2) is 14.5 Å². The van der Waals surface area contributed by atoms with Gasteiger partial charge in [-0.2, -0.15) is 5.10 Å². The minimum absolute atomic E-state index is 0.0359. The first-order valence-electron chi connectivity index (χ1n) is 7.17. The van der Waals surface area contributed by atoms with Crippen molar-refractivity contribution < 1.29 is 19.8 Å². The van der Waals surface area contributed by atoms with Crippen LogP contribution in [-0.2, 0) is 9.59 Å². The fourth-order valence-electron chi connectivity index (χ4n) is 2.11. The summed E-state index contributed by atoms with van der Waals surface area (Å²) in [6, 6.07) is 9.87. The first kappa shape index (κ1) is 17.1. The van der Waals surface area contributed by atoms with Crippen LogP contribution in [0.3, 0.4) is 0 Å². The molecule has 0 spiro atoms. The van der Waals surface area contributed by atoms with Crippen molar-refractivity contribution in [3.8, 4) is 5.69 Å². The summed E-state index contributed by atoms with van der Waals surface area (Å²) < 4.78 is 1.72. The van der Waals surface area contributed by atoms with Gasteiger partial charge in [0.1, 0.15) is 12.7 Å². The Hall–Kier alpha value is -3.22. The van der Waals surface area contributed by atoms with Gasteiger partial charge in [-0.3, -0.25) is 4.79 Å². The van der Waals surface area contributed by atoms with Crippen LogP contribution in [-0.4, -0.2) is 36.9 Å². The molecule has 1 aliphatic carbocycles. The van der Waals surface area contributed by atoms with Crippen molar-refractivity contribution in [1.82, 2.24) is 14.8 Å². The van der Waals surface area contributed by atoms with Crippen LogP contribution < -0.4 is 0 Å². The second kappa shape index (κ2) is 7.36. The molecule has 1 unspecified atom stereocenters. The van der Waals surface area contributed by atoms with Crippen LogP contribution in [0.25, 0.3) is 5.69 Å². The van der Waals surface area contributed by atoms with Crippen molar-refractivity contribution in [2.45, 2.75) is 13.3 Å². The number of hydrogen-bond acceptors (Lipinski definition) is 4. The number of hydrogen-bond donors (Lipinski definition) is 2. The quantitative estimate of drug-likeness (QED) is 0.896. The van der Waals surface area contributed by atoms with Gasteiger partial charge in [-0.1, -0.05) is 36.4 Å². The lowest BCUT2D eigenvalue weighted by Gasteiger charge is -2.23. The number of benzene rings is 1. The summed E-state index contributed by atoms with van der Waals surface area (Å²) in [5.41, 5.74) is 0.0834. The van der Waals surface area contributed by atoms with E-state index in [-0.39, 0.29) is 12.0 Å². The molecule has 0 radical (unpaired) electrons. The number of carboxylic acids is 2. The molecule has 124 valence electrons. The van der Waals surface area contributed by atoms with E-state index in [1.54, 1.807) is 11.0 Å². The first-order valence-corrected chi connectivity index (χ1v) is 7.17. The summed E-state index contributed by atoms with van der Waals surface area (Å²) in [6.45, 7) is 1.50. The van der Waals surface area contributed by atoms with Crippen LogP contribution in [0.2, 0.25) is 0 Å². The average Bonchev–Trinajstić information content (AvgIpc) is 3.11. The molecule has 7 nitrogen and oxygen atoms in total. The predicted octanol–water partition coefficient (Wildman–Crippen LogP) is 2.32. The largest absolute Gasteiger partial charge is 0.481 e. The molecule has 0 aliphatic heterocycles. The Morgan fingerprint density at radius 3 is 2.46 bits per heavy atom. The summed E-state index contributed by atoms with van der Waals surface area (Å²) in [4.78, 5) is 25.2. The lowest BCUT2D eigenvalue weighted by Crippen LogP contribution is -2.28. The minimum Gasteiger partial charge on any atom is -0.481 e. The number of para-hydroxylation sites is 1. The van der Waals surface area contributed by atoms with Crippen LogP contribution in [0.5, 0.6) is 0 Å². The van der Waals surface area contributed by atoms with Gasteiger partial charge in [0.25, 0.3) is 0 Å². The van der Waals surface area contributed by atoms with Crippen molar-refractivity contribution in [1.29, 1.82) is 0 Å². The third kappa shape index (κ3) is 4.16. The Balaban J connectivity index is 0.000000175. The molecule has 0 amide bonds. The highest BCUT2D eigenvalue weighted by molar-refractivity contribution is 5.90. The fourth-order valence-corrected chi connectivity index (χ4v) is 2.11. The van der Waals surface area contributed by atoms with Crippen LogP contribution in [0.1, 0.15) is 13.3 Å². The molecule has 1 aromatic heterocycles. The highest BCUT2D eigenvalue weighted by Gasteiger charge is 2.34. The Kier molecular flexibility index (Phi) is 5.26. The second-order valence-electron chi connectivity index (χ2n) is 5.43. The topological polar surface area (TPSA) is 105 Å². The highest BCUT2D eigenvalue weighted by Crippen LogP contribution is 2.31. The summed E-state index contributed by atoms with van der Waals surface area (Å²) in [6.07, 6.45) is 7.63. The summed E-state index contributed by atoms with van der Waals surface area (Å²) in [5, 5.41) is 21.5. The maximum Gasteiger partial charge on any atom is 0.331 e. The molecule has 1 heterocycles. The number of carboxylic acid groups (broad SMARTS) is 2. The van der Waals surface area contributed by atoms with E-state index in [4.69, 9.17) is 10.2 Å². The number of rotatable bonds is 3. The van der Waals surface area contributed by atoms with E-state index in [0.717, 1.165) is 5.69 Å². The zero-order valence-electron chi connectivity index (χ0n) is 13.0. The van der Waals surface area contributed by atoms with Gasteiger partial charge < -0.3 is 10.2 Å². The minimum atomic E-state index is -1.08. The SMILES string of the molecule is CC1(C(=O)O)C=CC=C(C(=O)O)C1.c1ccc(-n2cncn2)cc1. The number of nitrogens with zero attached hydrogens (tertiary/aromatic N) is 3. The van der Waals surface area contributed by atoms with Gasteiger partial charge in [0.2, 0.25) is 0 Å². The molecule has 24 heavy (non-hydrogen) atoms. The van der Waals surface area contributed by atoms with Gasteiger partial charge in [-0.15, -0.1) is 0 Å². The van der Waals surface area contributed by atoms with Gasteiger partial charge in [-0.05, 0) is 25.5 Å². The molecule has 1 aliphatic rings. The Bertz CT molecular complexity index is 766. The molecule has 7 heteroatoms. The molecule has 0 bridgehead atoms. The Morgan fingerprint density at radius 1 is 1.21 bits per heavy atom. The lowest BCUT2D eigenvalue weighted by atomic mass is 9.80. The van der Waals surface area contributed by atoms with E-state index >= 15 is 0 Å². The summed E-state index contributed by atoms with van der Waals surface area (Å²) in [7, 11) is 0. The third-order valence-corrected chi connectivity index (χ3v) is 3.52. The number of aliphatic carboxylic acids is 2. The zero-order valence-corrected chi connectivity index (χ0v) is 13.0. The first-order chi connectivity index (χ1) is 11.4. The molecule has 2 aromatic rings. The molecule has 0 saturated carbocycles. The summed E-state index contributed by atoms with van der Waals surface area (Å²) in [5.74, 6) is -2.06. The number of allylic oxidation sites excluding steroid dienone is 2. The molecule has 1 aromatic carbocycles. The molecule has 3 rings (SSSR count). The van der Waals surface area contributed by atoms with Crippen molar-refractivity contribution in [2.24, 2.45) is 5.41 Å². The van der Waals surface area contributed by atoms with Crippen molar-refractivity contribution in [3.63, 3.8) is 0 Å². The van der Waals surface area contributed by atoms with Crippen molar-refractivity contribution in [3.05, 3.63) is 66.8 Å². The van der Waals surface area contributed by atoms with Gasteiger partial charge in [0.15, 0.2) is 0 Å². The van der Waals surface area contributed by atoms with Crippen LogP contribution in [0.4, 0.5) is 0 Å². The fraction of sp³-hybridized carbons (Fsp3) is 0.176. The molecular weight excluding hydrogens is 310 g/mol. The molecule has 1 atom stereocenters. The Morgan fingerprint density at radius 2 is 1.92 bits per heavy atom. The van der Waals surface area contributed by atoms with Crippen molar-refractivity contribution >= 4 is 11.9 Å². The van der Waals surface area contributed by atoms with Crippen molar-refractivity contribution in [2.75, 3.05) is 0 Å². The van der Waals surface area contributed by atoms with E-state index in [2.05, 4.69) is 10.1 Å². The second-order valence-corrected chi connectivity index (χ2v) is 5.43. The third-order valence-electron chi connectivity index (χ3n) is 3.52. The Labute approximate surface area is 138 Å². The van der Waals surface area contributed by atoms with E-state index in [1.165, 1.54) is 31.5 Å². The van der Waals surface area contributed by atoms with E-state index in [0.29, 0.717) is 0 Å². The monoisotopic (exact) mass is 327 g/mol. The van der Waals surface area contributed by atoms with Gasteiger partial charge >= 0.3 is 11.9 Å². The van der Waals surface area contributed by atoms with E-state index in [1.807, 2.05) is 30.3 Å². The smallest absolute Gasteiger partial charge is 0.331 e. The van der Waals surface area contributed by atoms with Crippen LogP contribution in [0, 0.1) is 5.41 Å². The summed E-state index contributed by atoms with van der Waals surface area (Å²) >= 11 is 0. The molecular formula is C17H17N3O4. The normalized spacial score (nSPS) is 19.0. The van der Waals surface area contributed by atoms with Crippen LogP contribution in [0.15, 0.2) is 66.8 Å². The van der Waals surface area contributed by atoms with Crippen LogP contribution >= 0.6 is 0 Å². The maximum atomic E-state index is 10.8. The average molecular weight is 327 g/mol. The number of carbonyl (C=O) groups is 2. The lowest BCUT2D eigenvalue weighted by molar-refractivity contribution is -0.145. The maximum absolute atomic E-state index is 10.8. The zero-order chi connectivity index (χ0) is 17.6.